The average Bonchev–Trinajstić information content (AvgIpc) is 3.05. The molecule has 0 aromatic carbocycles. The second-order valence-electron chi connectivity index (χ2n) is 6.02. The largest absolute Gasteiger partial charge is 0.367 e. The van der Waals surface area contributed by atoms with Crippen molar-refractivity contribution >= 4 is 5.82 Å². The predicted molar refractivity (Wildman–Crippen MR) is 87.7 cm³/mol. The zero-order valence-electron chi connectivity index (χ0n) is 12.6. The highest BCUT2D eigenvalue weighted by molar-refractivity contribution is 5.58. The molecule has 22 heavy (non-hydrogen) atoms. The Morgan fingerprint density at radius 3 is 2.91 bits per heavy atom. The van der Waals surface area contributed by atoms with Gasteiger partial charge in [-0.1, -0.05) is 18.2 Å². The number of nitrogens with one attached hydrogen (secondary N) is 1. The molecule has 0 fully saturated rings. The molecule has 1 unspecified atom stereocenters. The lowest BCUT2D eigenvalue weighted by molar-refractivity contribution is 0.641. The number of hydrogen-bond acceptors (Lipinski definition) is 4. The summed E-state index contributed by atoms with van der Waals surface area (Å²) in [6.07, 6.45) is 13.0. The number of allylic oxidation sites excluding steroid dienone is 1. The molecule has 2 aromatic rings. The van der Waals surface area contributed by atoms with E-state index in [1.54, 1.807) is 6.20 Å². The average molecular weight is 292 g/mol. The molecule has 112 valence electrons. The van der Waals surface area contributed by atoms with E-state index >= 15 is 0 Å². The van der Waals surface area contributed by atoms with Gasteiger partial charge in [0, 0.05) is 23.5 Å². The van der Waals surface area contributed by atoms with E-state index in [2.05, 4.69) is 22.5 Å². The zero-order chi connectivity index (χ0) is 14.8. The van der Waals surface area contributed by atoms with E-state index in [0.717, 1.165) is 43.0 Å². The van der Waals surface area contributed by atoms with Gasteiger partial charge in [-0.3, -0.25) is 4.98 Å². The molecule has 0 amide bonds. The second-order valence-corrected chi connectivity index (χ2v) is 6.02. The lowest BCUT2D eigenvalue weighted by Crippen LogP contribution is -2.22. The third kappa shape index (κ3) is 2.61. The van der Waals surface area contributed by atoms with Gasteiger partial charge in [-0.25, -0.2) is 9.97 Å². The predicted octanol–water partition coefficient (Wildman–Crippen LogP) is 3.55. The molecular formula is C18H20N4. The number of nitrogens with zero attached hydrogens (tertiary/aromatic N) is 3. The first-order valence-corrected chi connectivity index (χ1v) is 8.13. The van der Waals surface area contributed by atoms with Crippen LogP contribution >= 0.6 is 0 Å². The molecule has 2 heterocycles. The Morgan fingerprint density at radius 1 is 1.09 bits per heavy atom. The van der Waals surface area contributed by atoms with Crippen LogP contribution in [-0.4, -0.2) is 21.0 Å². The summed E-state index contributed by atoms with van der Waals surface area (Å²) < 4.78 is 0. The minimum Gasteiger partial charge on any atom is -0.367 e. The van der Waals surface area contributed by atoms with Crippen LogP contribution in [-0.2, 0) is 12.8 Å². The van der Waals surface area contributed by atoms with E-state index in [-0.39, 0.29) is 0 Å². The molecule has 4 rings (SSSR count). The van der Waals surface area contributed by atoms with Crippen molar-refractivity contribution in [2.75, 3.05) is 5.32 Å². The van der Waals surface area contributed by atoms with Gasteiger partial charge in [0.1, 0.15) is 11.5 Å². The normalized spacial score (nSPS) is 19.9. The number of pyridine rings is 1. The minimum absolute atomic E-state index is 0.487. The van der Waals surface area contributed by atoms with Crippen LogP contribution in [0.1, 0.15) is 36.9 Å². The fourth-order valence-electron chi connectivity index (χ4n) is 3.28. The zero-order valence-corrected chi connectivity index (χ0v) is 12.6. The summed E-state index contributed by atoms with van der Waals surface area (Å²) in [6.45, 7) is 0. The van der Waals surface area contributed by atoms with Crippen molar-refractivity contribution in [2.45, 2.75) is 44.6 Å². The summed E-state index contributed by atoms with van der Waals surface area (Å²) in [7, 11) is 0. The first kappa shape index (κ1) is 13.4. The number of fused-ring (bicyclic) bond motifs is 1. The Balaban J connectivity index is 1.70. The highest BCUT2D eigenvalue weighted by Crippen LogP contribution is 2.30. The number of aryl methyl sites for hydroxylation is 1. The van der Waals surface area contributed by atoms with Crippen LogP contribution in [0.3, 0.4) is 0 Å². The van der Waals surface area contributed by atoms with Crippen molar-refractivity contribution in [3.05, 3.63) is 47.8 Å². The van der Waals surface area contributed by atoms with Gasteiger partial charge in [-0.2, -0.15) is 0 Å². The monoisotopic (exact) mass is 292 g/mol. The number of hydrogen-bond donors (Lipinski definition) is 1. The summed E-state index contributed by atoms with van der Waals surface area (Å²) in [5, 5.41) is 3.66. The van der Waals surface area contributed by atoms with Crippen molar-refractivity contribution in [1.29, 1.82) is 0 Å². The fraction of sp³-hybridized carbons (Fsp3) is 0.389. The Hall–Kier alpha value is -2.23. The smallest absolute Gasteiger partial charge is 0.180 e. The maximum Gasteiger partial charge on any atom is 0.180 e. The Morgan fingerprint density at radius 2 is 2.09 bits per heavy atom. The Bertz CT molecular complexity index is 694. The van der Waals surface area contributed by atoms with Crippen molar-refractivity contribution in [3.63, 3.8) is 0 Å². The standard InChI is InChI=1S/C18H20N4/c1-2-7-13(8-3-1)20-17-14-9-6-11-15(14)21-18(22-17)16-10-4-5-12-19-16/h1-2,4-5,10,12-13H,3,6-9,11H2,(H,20,21,22). The molecule has 2 aromatic heterocycles. The van der Waals surface area contributed by atoms with Gasteiger partial charge in [0.05, 0.1) is 0 Å². The molecule has 1 N–H and O–H groups in total. The maximum absolute atomic E-state index is 4.80. The lowest BCUT2D eigenvalue weighted by Gasteiger charge is -2.22. The van der Waals surface area contributed by atoms with E-state index in [1.165, 1.54) is 24.1 Å². The molecule has 0 bridgehead atoms. The van der Waals surface area contributed by atoms with Crippen LogP contribution in [0.15, 0.2) is 36.5 Å². The van der Waals surface area contributed by atoms with Crippen LogP contribution in [0.4, 0.5) is 5.82 Å². The number of anilines is 1. The van der Waals surface area contributed by atoms with Gasteiger partial charge in [0.25, 0.3) is 0 Å². The van der Waals surface area contributed by atoms with Crippen molar-refractivity contribution in [1.82, 2.24) is 15.0 Å². The molecular weight excluding hydrogens is 272 g/mol. The maximum atomic E-state index is 4.80. The molecule has 0 spiro atoms. The van der Waals surface area contributed by atoms with E-state index in [0.29, 0.717) is 6.04 Å². The van der Waals surface area contributed by atoms with Crippen LogP contribution < -0.4 is 5.32 Å². The summed E-state index contributed by atoms with van der Waals surface area (Å²) in [5.74, 6) is 1.78. The van der Waals surface area contributed by atoms with Crippen LogP contribution in [0.25, 0.3) is 11.5 Å². The van der Waals surface area contributed by atoms with E-state index in [1.807, 2.05) is 18.2 Å². The van der Waals surface area contributed by atoms with Gasteiger partial charge >= 0.3 is 0 Å². The van der Waals surface area contributed by atoms with Gasteiger partial charge < -0.3 is 5.32 Å². The molecule has 2 aliphatic rings. The van der Waals surface area contributed by atoms with E-state index in [9.17, 15) is 0 Å². The topological polar surface area (TPSA) is 50.7 Å². The van der Waals surface area contributed by atoms with Crippen molar-refractivity contribution < 1.29 is 0 Å². The fourth-order valence-corrected chi connectivity index (χ4v) is 3.28. The summed E-state index contributed by atoms with van der Waals surface area (Å²) in [4.78, 5) is 13.9. The quantitative estimate of drug-likeness (QED) is 0.879. The van der Waals surface area contributed by atoms with Gasteiger partial charge in [0.15, 0.2) is 5.82 Å². The van der Waals surface area contributed by atoms with Gasteiger partial charge in [0.2, 0.25) is 0 Å². The first-order chi connectivity index (χ1) is 10.9. The van der Waals surface area contributed by atoms with Crippen molar-refractivity contribution in [3.8, 4) is 11.5 Å². The molecule has 4 nitrogen and oxygen atoms in total. The summed E-state index contributed by atoms with van der Waals surface area (Å²) in [5.41, 5.74) is 3.36. The molecule has 1 atom stereocenters. The highest BCUT2D eigenvalue weighted by atomic mass is 15.1. The third-order valence-corrected chi connectivity index (χ3v) is 4.44. The highest BCUT2D eigenvalue weighted by Gasteiger charge is 2.22. The molecule has 2 aliphatic carbocycles. The molecule has 0 saturated heterocycles. The molecule has 4 heteroatoms. The number of rotatable bonds is 3. The second kappa shape index (κ2) is 5.87. The first-order valence-electron chi connectivity index (χ1n) is 8.13. The summed E-state index contributed by atoms with van der Waals surface area (Å²) in [6, 6.07) is 6.37. The van der Waals surface area contributed by atoms with Crippen molar-refractivity contribution in [2.24, 2.45) is 0 Å². The van der Waals surface area contributed by atoms with Crippen LogP contribution in [0.5, 0.6) is 0 Å². The van der Waals surface area contributed by atoms with E-state index in [4.69, 9.17) is 9.97 Å². The van der Waals surface area contributed by atoms with Gasteiger partial charge in [-0.05, 0) is 50.7 Å². The third-order valence-electron chi connectivity index (χ3n) is 4.44. The molecule has 0 aliphatic heterocycles. The minimum atomic E-state index is 0.487. The van der Waals surface area contributed by atoms with Crippen LogP contribution in [0.2, 0.25) is 0 Å². The van der Waals surface area contributed by atoms with Gasteiger partial charge in [-0.15, -0.1) is 0 Å². The number of aromatic nitrogens is 3. The Labute approximate surface area is 130 Å². The van der Waals surface area contributed by atoms with Crippen LogP contribution in [0, 0.1) is 0 Å². The molecule has 0 radical (unpaired) electrons. The van der Waals surface area contributed by atoms with E-state index < -0.39 is 0 Å². The molecule has 0 saturated carbocycles. The Kier molecular flexibility index (Phi) is 3.59. The SMILES string of the molecule is C1=CCC(Nc2nc(-c3ccccn3)nc3c2CCC3)CC1. The summed E-state index contributed by atoms with van der Waals surface area (Å²) >= 11 is 0. The lowest BCUT2D eigenvalue weighted by atomic mass is 10.0.